The van der Waals surface area contributed by atoms with Gasteiger partial charge in [-0.2, -0.15) is 0 Å². The smallest absolute Gasteiger partial charge is 0.243 e. The Morgan fingerprint density at radius 3 is 2.18 bits per heavy atom. The third-order valence-electron chi connectivity index (χ3n) is 4.16. The number of nitrogens with one attached hydrogen (secondary N) is 2. The SMILES string of the molecule is CC(Sc1ccccc1)c1ccc(NC(=O)CNC(=O)[C@@H](N)C(C)C)cc1.Cl. The quantitative estimate of drug-likeness (QED) is 0.562. The van der Waals surface area contributed by atoms with Crippen molar-refractivity contribution in [1.29, 1.82) is 0 Å². The first kappa shape index (κ1) is 24.0. The van der Waals surface area contributed by atoms with Gasteiger partial charge in [0.2, 0.25) is 11.8 Å². The van der Waals surface area contributed by atoms with Crippen LogP contribution < -0.4 is 16.4 Å². The largest absolute Gasteiger partial charge is 0.346 e. The van der Waals surface area contributed by atoms with Crippen LogP contribution in [0.3, 0.4) is 0 Å². The summed E-state index contributed by atoms with van der Waals surface area (Å²) >= 11 is 1.79. The molecule has 28 heavy (non-hydrogen) atoms. The third kappa shape index (κ3) is 7.54. The molecule has 0 fully saturated rings. The maximum atomic E-state index is 12.0. The van der Waals surface area contributed by atoms with Crippen molar-refractivity contribution < 1.29 is 9.59 Å². The van der Waals surface area contributed by atoms with Crippen molar-refractivity contribution in [3.05, 3.63) is 60.2 Å². The zero-order valence-electron chi connectivity index (χ0n) is 16.3. The first-order valence-corrected chi connectivity index (χ1v) is 9.89. The van der Waals surface area contributed by atoms with Gasteiger partial charge in [-0.1, -0.05) is 44.2 Å². The van der Waals surface area contributed by atoms with Gasteiger partial charge in [-0.25, -0.2) is 0 Å². The summed E-state index contributed by atoms with van der Waals surface area (Å²) in [6.45, 7) is 5.78. The molecule has 152 valence electrons. The molecule has 0 bridgehead atoms. The molecule has 5 nitrogen and oxygen atoms in total. The Kier molecular flexibility index (Phi) is 10.1. The number of carbonyl (C=O) groups excluding carboxylic acids is 2. The van der Waals surface area contributed by atoms with Gasteiger partial charge in [-0.15, -0.1) is 24.2 Å². The first-order chi connectivity index (χ1) is 12.9. The van der Waals surface area contributed by atoms with Gasteiger partial charge in [-0.3, -0.25) is 9.59 Å². The Hall–Kier alpha value is -2.02. The van der Waals surface area contributed by atoms with Crippen LogP contribution in [0, 0.1) is 5.92 Å². The molecule has 4 N–H and O–H groups in total. The Morgan fingerprint density at radius 1 is 1.00 bits per heavy atom. The van der Waals surface area contributed by atoms with Gasteiger partial charge >= 0.3 is 0 Å². The van der Waals surface area contributed by atoms with E-state index in [1.165, 1.54) is 10.5 Å². The highest BCUT2D eigenvalue weighted by Gasteiger charge is 2.17. The Balaban J connectivity index is 0.00000392. The van der Waals surface area contributed by atoms with Crippen molar-refractivity contribution in [3.63, 3.8) is 0 Å². The van der Waals surface area contributed by atoms with Gasteiger partial charge in [0.15, 0.2) is 0 Å². The molecule has 1 unspecified atom stereocenters. The van der Waals surface area contributed by atoms with Crippen LogP contribution in [-0.4, -0.2) is 24.4 Å². The lowest BCUT2D eigenvalue weighted by Gasteiger charge is -2.15. The van der Waals surface area contributed by atoms with Crippen LogP contribution in [0.1, 0.15) is 31.6 Å². The number of amides is 2. The van der Waals surface area contributed by atoms with E-state index in [2.05, 4.69) is 29.7 Å². The Bertz CT molecular complexity index is 754. The first-order valence-electron chi connectivity index (χ1n) is 9.01. The fourth-order valence-electron chi connectivity index (χ4n) is 2.40. The predicted octanol–water partition coefficient (Wildman–Crippen LogP) is 4.00. The fourth-order valence-corrected chi connectivity index (χ4v) is 3.42. The summed E-state index contributed by atoms with van der Waals surface area (Å²) in [6, 6.07) is 17.4. The van der Waals surface area contributed by atoms with Crippen LogP contribution in [0.15, 0.2) is 59.5 Å². The summed E-state index contributed by atoms with van der Waals surface area (Å²) < 4.78 is 0. The third-order valence-corrected chi connectivity index (χ3v) is 5.33. The fraction of sp³-hybridized carbons (Fsp3) is 0.333. The number of hydrogen-bond donors (Lipinski definition) is 3. The van der Waals surface area contributed by atoms with E-state index >= 15 is 0 Å². The molecular formula is C21H28ClN3O2S. The molecule has 7 heteroatoms. The van der Waals surface area contributed by atoms with Crippen LogP contribution >= 0.6 is 24.2 Å². The number of rotatable bonds is 8. The van der Waals surface area contributed by atoms with Crippen molar-refractivity contribution in [2.24, 2.45) is 11.7 Å². The molecule has 2 aromatic carbocycles. The maximum Gasteiger partial charge on any atom is 0.243 e. The van der Waals surface area contributed by atoms with Gasteiger partial charge in [0.25, 0.3) is 0 Å². The lowest BCUT2D eigenvalue weighted by atomic mass is 10.1. The maximum absolute atomic E-state index is 12.0. The highest BCUT2D eigenvalue weighted by molar-refractivity contribution is 7.99. The summed E-state index contributed by atoms with van der Waals surface area (Å²) in [5.74, 6) is -0.572. The van der Waals surface area contributed by atoms with Crippen LogP contribution in [0.2, 0.25) is 0 Å². The normalized spacial score (nSPS) is 12.6. The number of nitrogens with two attached hydrogens (primary N) is 1. The molecule has 2 atom stereocenters. The summed E-state index contributed by atoms with van der Waals surface area (Å²) in [5.41, 5.74) is 7.63. The predicted molar refractivity (Wildman–Crippen MR) is 119 cm³/mol. The van der Waals surface area contributed by atoms with Crippen molar-refractivity contribution in [2.75, 3.05) is 11.9 Å². The van der Waals surface area contributed by atoms with E-state index in [-0.39, 0.29) is 36.7 Å². The second kappa shape index (κ2) is 11.7. The number of benzene rings is 2. The van der Waals surface area contributed by atoms with E-state index in [9.17, 15) is 9.59 Å². The number of hydrogen-bond acceptors (Lipinski definition) is 4. The van der Waals surface area contributed by atoms with E-state index < -0.39 is 6.04 Å². The Morgan fingerprint density at radius 2 is 1.61 bits per heavy atom. The minimum absolute atomic E-state index is 0. The summed E-state index contributed by atoms with van der Waals surface area (Å²) in [6.07, 6.45) is 0. The monoisotopic (exact) mass is 421 g/mol. The standard InChI is InChI=1S/C21H27N3O2S.ClH/c1-14(2)20(22)21(26)23-13-19(25)24-17-11-9-16(10-12-17)15(3)27-18-7-5-4-6-8-18;/h4-12,14-15,20H,13,22H2,1-3H3,(H,23,26)(H,24,25);1H/t15?,20-;/m0./s1. The highest BCUT2D eigenvalue weighted by Crippen LogP contribution is 2.34. The van der Waals surface area contributed by atoms with E-state index in [0.29, 0.717) is 10.9 Å². The van der Waals surface area contributed by atoms with E-state index in [1.54, 1.807) is 11.8 Å². The Labute approximate surface area is 177 Å². The summed E-state index contributed by atoms with van der Waals surface area (Å²) in [5, 5.41) is 5.64. The lowest BCUT2D eigenvalue weighted by molar-refractivity contribution is -0.125. The minimum Gasteiger partial charge on any atom is -0.346 e. The zero-order valence-corrected chi connectivity index (χ0v) is 18.0. The molecule has 0 radical (unpaired) electrons. The van der Waals surface area contributed by atoms with Gasteiger partial charge in [-0.05, 0) is 42.7 Å². The highest BCUT2D eigenvalue weighted by atomic mass is 35.5. The van der Waals surface area contributed by atoms with Gasteiger partial charge in [0.1, 0.15) is 0 Å². The molecule has 2 rings (SSSR count). The topological polar surface area (TPSA) is 84.2 Å². The number of carbonyl (C=O) groups is 2. The number of anilines is 1. The molecule has 2 aromatic rings. The van der Waals surface area contributed by atoms with Gasteiger partial charge < -0.3 is 16.4 Å². The molecule has 0 aliphatic rings. The minimum atomic E-state index is -0.610. The van der Waals surface area contributed by atoms with Crippen molar-refractivity contribution >= 4 is 41.7 Å². The van der Waals surface area contributed by atoms with E-state index in [4.69, 9.17) is 5.73 Å². The van der Waals surface area contributed by atoms with Gasteiger partial charge in [0.05, 0.1) is 12.6 Å². The van der Waals surface area contributed by atoms with Crippen LogP contribution in [0.25, 0.3) is 0 Å². The average Bonchev–Trinajstić information content (AvgIpc) is 2.66. The molecule has 0 aliphatic carbocycles. The molecule has 0 saturated carbocycles. The van der Waals surface area contributed by atoms with Crippen molar-refractivity contribution in [3.8, 4) is 0 Å². The molecule has 0 aliphatic heterocycles. The molecule has 2 amide bonds. The number of thioether (sulfide) groups is 1. The average molecular weight is 422 g/mol. The van der Waals surface area contributed by atoms with Crippen LogP contribution in [0.5, 0.6) is 0 Å². The summed E-state index contributed by atoms with van der Waals surface area (Å²) in [4.78, 5) is 25.0. The van der Waals surface area contributed by atoms with Crippen molar-refractivity contribution in [2.45, 2.75) is 37.0 Å². The number of halogens is 1. The molecular weight excluding hydrogens is 394 g/mol. The molecule has 0 spiro atoms. The lowest BCUT2D eigenvalue weighted by Crippen LogP contribution is -2.46. The van der Waals surface area contributed by atoms with Crippen molar-refractivity contribution in [1.82, 2.24) is 5.32 Å². The van der Waals surface area contributed by atoms with E-state index in [0.717, 1.165) is 0 Å². The second-order valence-electron chi connectivity index (χ2n) is 6.73. The zero-order chi connectivity index (χ0) is 19.8. The molecule has 0 saturated heterocycles. The summed E-state index contributed by atoms with van der Waals surface area (Å²) in [7, 11) is 0. The van der Waals surface area contributed by atoms with Gasteiger partial charge in [0, 0.05) is 15.8 Å². The van der Waals surface area contributed by atoms with E-state index in [1.807, 2.05) is 56.3 Å². The molecule has 0 heterocycles. The van der Waals surface area contributed by atoms with Crippen LogP contribution in [-0.2, 0) is 9.59 Å². The second-order valence-corrected chi connectivity index (χ2v) is 8.15. The molecule has 0 aromatic heterocycles. The van der Waals surface area contributed by atoms with Crippen LogP contribution in [0.4, 0.5) is 5.69 Å².